The van der Waals surface area contributed by atoms with Crippen molar-refractivity contribution >= 4 is 17.1 Å². The van der Waals surface area contributed by atoms with Crippen molar-refractivity contribution in [3.8, 4) is 5.88 Å². The smallest absolute Gasteiger partial charge is 0.331 e. The standard InChI is InChI=1S/C22H30N4O3/c1-4-25(5-2)17-13-11-16(12-14-17)23-15(3)19-20(27)24-22(29)26(21(19)28)18-9-7-6-8-10-18/h11-14,18,28H,4-10H2,1-3H3,(H,24,27,29). The van der Waals surface area contributed by atoms with E-state index in [-0.39, 0.29) is 17.5 Å². The average molecular weight is 399 g/mol. The molecule has 3 rings (SSSR count). The molecule has 29 heavy (non-hydrogen) atoms. The van der Waals surface area contributed by atoms with Crippen molar-refractivity contribution in [3.63, 3.8) is 0 Å². The summed E-state index contributed by atoms with van der Waals surface area (Å²) in [6.07, 6.45) is 4.80. The van der Waals surface area contributed by atoms with Gasteiger partial charge in [-0.2, -0.15) is 0 Å². The number of rotatable bonds is 6. The third kappa shape index (κ3) is 4.44. The molecule has 7 heteroatoms. The van der Waals surface area contributed by atoms with E-state index in [4.69, 9.17) is 0 Å². The first-order valence-corrected chi connectivity index (χ1v) is 10.4. The van der Waals surface area contributed by atoms with Gasteiger partial charge < -0.3 is 10.0 Å². The molecule has 0 saturated heterocycles. The van der Waals surface area contributed by atoms with Crippen LogP contribution in [0.1, 0.15) is 64.5 Å². The highest BCUT2D eigenvalue weighted by Crippen LogP contribution is 2.30. The van der Waals surface area contributed by atoms with E-state index in [9.17, 15) is 14.7 Å². The van der Waals surface area contributed by atoms with Gasteiger partial charge >= 0.3 is 5.69 Å². The van der Waals surface area contributed by atoms with Gasteiger partial charge in [0.15, 0.2) is 0 Å². The quantitative estimate of drug-likeness (QED) is 0.726. The van der Waals surface area contributed by atoms with Gasteiger partial charge in [-0.05, 0) is 57.9 Å². The molecule has 1 heterocycles. The van der Waals surface area contributed by atoms with E-state index in [0.29, 0.717) is 11.4 Å². The van der Waals surface area contributed by atoms with Crippen LogP contribution < -0.4 is 16.1 Å². The Morgan fingerprint density at radius 2 is 1.76 bits per heavy atom. The van der Waals surface area contributed by atoms with Crippen molar-refractivity contribution in [1.82, 2.24) is 9.55 Å². The maximum absolute atomic E-state index is 12.4. The second-order valence-corrected chi connectivity index (χ2v) is 7.51. The summed E-state index contributed by atoms with van der Waals surface area (Å²) in [6, 6.07) is 7.67. The number of H-pyrrole nitrogens is 1. The molecule has 1 fully saturated rings. The minimum atomic E-state index is -0.611. The van der Waals surface area contributed by atoms with Crippen LogP contribution in [-0.2, 0) is 0 Å². The lowest BCUT2D eigenvalue weighted by Crippen LogP contribution is -2.36. The Morgan fingerprint density at radius 1 is 1.14 bits per heavy atom. The Hall–Kier alpha value is -2.83. The van der Waals surface area contributed by atoms with Crippen LogP contribution in [0, 0.1) is 0 Å². The van der Waals surface area contributed by atoms with Gasteiger partial charge in [0.05, 0.1) is 11.4 Å². The number of aromatic nitrogens is 2. The molecule has 2 N–H and O–H groups in total. The Kier molecular flexibility index (Phi) is 6.56. The molecule has 1 aromatic carbocycles. The Labute approximate surface area is 170 Å². The molecule has 1 aliphatic carbocycles. The summed E-state index contributed by atoms with van der Waals surface area (Å²) in [5.41, 5.74) is 1.07. The monoisotopic (exact) mass is 398 g/mol. The number of nitrogens with zero attached hydrogens (tertiary/aromatic N) is 3. The SMILES string of the molecule is CCN(CC)c1ccc(N=C(C)c2c(O)n(C3CCCCC3)c(=O)[nH]c2=O)cc1. The van der Waals surface area contributed by atoms with Gasteiger partial charge in [0.25, 0.3) is 5.56 Å². The van der Waals surface area contributed by atoms with Crippen molar-refractivity contribution in [3.05, 3.63) is 50.7 Å². The zero-order valence-corrected chi connectivity index (χ0v) is 17.4. The van der Waals surface area contributed by atoms with Gasteiger partial charge in [-0.15, -0.1) is 0 Å². The first kappa shape index (κ1) is 20.9. The lowest BCUT2D eigenvalue weighted by molar-refractivity contribution is 0.298. The highest BCUT2D eigenvalue weighted by Gasteiger charge is 2.24. The summed E-state index contributed by atoms with van der Waals surface area (Å²) in [7, 11) is 0. The fourth-order valence-corrected chi connectivity index (χ4v) is 4.12. The largest absolute Gasteiger partial charge is 0.494 e. The number of anilines is 1. The molecule has 0 bridgehead atoms. The summed E-state index contributed by atoms with van der Waals surface area (Å²) in [5.74, 6) is -0.285. The van der Waals surface area contributed by atoms with Crippen molar-refractivity contribution in [2.24, 2.45) is 4.99 Å². The second-order valence-electron chi connectivity index (χ2n) is 7.51. The van der Waals surface area contributed by atoms with E-state index in [2.05, 4.69) is 28.7 Å². The van der Waals surface area contributed by atoms with Crippen molar-refractivity contribution in [2.75, 3.05) is 18.0 Å². The Morgan fingerprint density at radius 3 is 2.34 bits per heavy atom. The summed E-state index contributed by atoms with van der Waals surface area (Å²) >= 11 is 0. The molecular formula is C22H30N4O3. The van der Waals surface area contributed by atoms with Gasteiger partial charge in [-0.25, -0.2) is 4.79 Å². The van der Waals surface area contributed by atoms with E-state index < -0.39 is 11.2 Å². The number of aliphatic imine (C=N–C) groups is 1. The summed E-state index contributed by atoms with van der Waals surface area (Å²) < 4.78 is 1.33. The third-order valence-electron chi connectivity index (χ3n) is 5.69. The maximum Gasteiger partial charge on any atom is 0.331 e. The predicted octanol–water partition coefficient (Wildman–Crippen LogP) is 3.73. The molecule has 1 aromatic heterocycles. The Bertz CT molecular complexity index is 979. The molecule has 0 amide bonds. The van der Waals surface area contributed by atoms with Crippen LogP contribution >= 0.6 is 0 Å². The van der Waals surface area contributed by atoms with Gasteiger partial charge in [0.1, 0.15) is 5.56 Å². The third-order valence-corrected chi connectivity index (χ3v) is 5.69. The fraction of sp³-hybridized carbons (Fsp3) is 0.500. The molecule has 2 aromatic rings. The number of hydrogen-bond acceptors (Lipinski definition) is 5. The summed E-state index contributed by atoms with van der Waals surface area (Å²) in [5, 5.41) is 10.8. The molecule has 0 spiro atoms. The minimum Gasteiger partial charge on any atom is -0.494 e. The summed E-state index contributed by atoms with van der Waals surface area (Å²) in [6.45, 7) is 7.73. The van der Waals surface area contributed by atoms with Gasteiger partial charge in [0.2, 0.25) is 5.88 Å². The van der Waals surface area contributed by atoms with Crippen LogP contribution in [0.4, 0.5) is 11.4 Å². The van der Waals surface area contributed by atoms with Crippen molar-refractivity contribution < 1.29 is 5.11 Å². The second kappa shape index (κ2) is 9.11. The fourth-order valence-electron chi connectivity index (χ4n) is 4.12. The van der Waals surface area contributed by atoms with E-state index in [1.54, 1.807) is 6.92 Å². The highest BCUT2D eigenvalue weighted by atomic mass is 16.3. The number of benzene rings is 1. The minimum absolute atomic E-state index is 0.0583. The molecule has 156 valence electrons. The summed E-state index contributed by atoms with van der Waals surface area (Å²) in [4.78, 5) is 33.9. The van der Waals surface area contributed by atoms with Crippen LogP contribution in [0.15, 0.2) is 38.8 Å². The molecule has 0 radical (unpaired) electrons. The first-order chi connectivity index (χ1) is 14.0. The number of nitrogens with one attached hydrogen (secondary N) is 1. The van der Waals surface area contributed by atoms with E-state index >= 15 is 0 Å². The number of hydrogen-bond donors (Lipinski definition) is 2. The molecule has 1 aliphatic rings. The van der Waals surface area contributed by atoms with Gasteiger partial charge in [-0.1, -0.05) is 19.3 Å². The van der Waals surface area contributed by atoms with Crippen molar-refractivity contribution in [2.45, 2.75) is 58.9 Å². The number of aromatic amines is 1. The first-order valence-electron chi connectivity index (χ1n) is 10.4. The number of aromatic hydroxyl groups is 1. The lowest BCUT2D eigenvalue weighted by atomic mass is 9.95. The molecule has 7 nitrogen and oxygen atoms in total. The van der Waals surface area contributed by atoms with Gasteiger partial charge in [-0.3, -0.25) is 19.3 Å². The molecule has 0 unspecified atom stereocenters. The van der Waals surface area contributed by atoms with E-state index in [1.807, 2.05) is 24.3 Å². The zero-order valence-electron chi connectivity index (χ0n) is 17.4. The van der Waals surface area contributed by atoms with Crippen LogP contribution in [0.3, 0.4) is 0 Å². The van der Waals surface area contributed by atoms with Gasteiger partial charge in [0, 0.05) is 24.8 Å². The van der Waals surface area contributed by atoms with E-state index in [1.165, 1.54) is 4.57 Å². The van der Waals surface area contributed by atoms with Crippen LogP contribution in [-0.4, -0.2) is 33.5 Å². The predicted molar refractivity (Wildman–Crippen MR) is 117 cm³/mol. The molecule has 0 atom stereocenters. The maximum atomic E-state index is 12.4. The van der Waals surface area contributed by atoms with Crippen molar-refractivity contribution in [1.29, 1.82) is 0 Å². The molecular weight excluding hydrogens is 368 g/mol. The normalized spacial score (nSPS) is 15.5. The lowest BCUT2D eigenvalue weighted by Gasteiger charge is -2.25. The molecule has 1 saturated carbocycles. The topological polar surface area (TPSA) is 90.7 Å². The average Bonchev–Trinajstić information content (AvgIpc) is 2.70. The van der Waals surface area contributed by atoms with Crippen LogP contribution in [0.2, 0.25) is 0 Å². The van der Waals surface area contributed by atoms with E-state index in [0.717, 1.165) is 50.9 Å². The van der Waals surface area contributed by atoms with Crippen LogP contribution in [0.5, 0.6) is 5.88 Å². The zero-order chi connectivity index (χ0) is 21.0. The highest BCUT2D eigenvalue weighted by molar-refractivity contribution is 6.01. The Balaban J connectivity index is 1.97. The van der Waals surface area contributed by atoms with Crippen LogP contribution in [0.25, 0.3) is 0 Å². The molecule has 0 aliphatic heterocycles.